The van der Waals surface area contributed by atoms with Gasteiger partial charge in [0.2, 0.25) is 0 Å². The third kappa shape index (κ3) is 2.44. The van der Waals surface area contributed by atoms with Crippen LogP contribution in [-0.4, -0.2) is 39.0 Å². The molecule has 1 fully saturated rings. The molecule has 2 rings (SSSR count). The zero-order valence-electron chi connectivity index (χ0n) is 10.3. The molecule has 2 unspecified atom stereocenters. The van der Waals surface area contributed by atoms with Gasteiger partial charge < -0.3 is 5.11 Å². The number of aliphatic hydroxyl groups is 1. The highest BCUT2D eigenvalue weighted by Crippen LogP contribution is 2.18. The lowest BCUT2D eigenvalue weighted by atomic mass is 9.96. The van der Waals surface area contributed by atoms with E-state index in [1.165, 1.54) is 5.69 Å². The van der Waals surface area contributed by atoms with E-state index < -0.39 is 0 Å². The first-order valence-corrected chi connectivity index (χ1v) is 5.96. The quantitative estimate of drug-likeness (QED) is 0.811. The predicted octanol–water partition coefficient (Wildman–Crippen LogP) is 0.931. The lowest BCUT2D eigenvalue weighted by molar-refractivity contribution is 0.0250. The molecule has 4 heteroatoms. The Bertz CT molecular complexity index is 361. The Labute approximate surface area is 96.9 Å². The maximum Gasteiger partial charge on any atom is 0.0693 e. The molecule has 0 amide bonds. The Kier molecular flexibility index (Phi) is 3.30. The number of nitrogens with zero attached hydrogens (tertiary/aromatic N) is 3. The molecule has 1 N–H and O–H groups in total. The van der Waals surface area contributed by atoms with Crippen molar-refractivity contribution in [2.24, 2.45) is 13.0 Å². The molecule has 1 aliphatic rings. The van der Waals surface area contributed by atoms with Gasteiger partial charge in [-0.05, 0) is 31.9 Å². The molecule has 1 saturated heterocycles. The first-order valence-electron chi connectivity index (χ1n) is 5.96. The van der Waals surface area contributed by atoms with Crippen molar-refractivity contribution in [3.8, 4) is 0 Å². The molecule has 1 aliphatic heterocycles. The number of piperidine rings is 1. The fourth-order valence-corrected chi connectivity index (χ4v) is 2.30. The number of rotatable bonds is 2. The van der Waals surface area contributed by atoms with Crippen molar-refractivity contribution in [2.45, 2.75) is 32.9 Å². The van der Waals surface area contributed by atoms with Crippen molar-refractivity contribution in [3.63, 3.8) is 0 Å². The van der Waals surface area contributed by atoms with Crippen molar-refractivity contribution in [2.75, 3.05) is 13.1 Å². The molecule has 1 aromatic heterocycles. The van der Waals surface area contributed by atoms with Crippen molar-refractivity contribution in [3.05, 3.63) is 17.5 Å². The molecule has 0 aliphatic carbocycles. The first-order chi connectivity index (χ1) is 7.56. The largest absolute Gasteiger partial charge is 0.392 e. The van der Waals surface area contributed by atoms with E-state index in [9.17, 15) is 5.11 Å². The Hall–Kier alpha value is -0.870. The molecule has 90 valence electrons. The van der Waals surface area contributed by atoms with Crippen LogP contribution in [0.1, 0.15) is 24.7 Å². The predicted molar refractivity (Wildman–Crippen MR) is 63.0 cm³/mol. The molecule has 1 aromatic rings. The van der Waals surface area contributed by atoms with E-state index >= 15 is 0 Å². The summed E-state index contributed by atoms with van der Waals surface area (Å²) in [6.45, 7) is 6.88. The molecule has 0 bridgehead atoms. The Morgan fingerprint density at radius 3 is 2.88 bits per heavy atom. The van der Waals surface area contributed by atoms with Crippen LogP contribution in [-0.2, 0) is 13.6 Å². The number of β-amino-alcohol motifs (C(OH)–C–C–N with tert-alkyl or cyclic N) is 1. The SMILES string of the molecule is Cc1cc(CN2CCC(C)C(O)C2)n(C)n1. The summed E-state index contributed by atoms with van der Waals surface area (Å²) in [5.41, 5.74) is 2.28. The Balaban J connectivity index is 1.98. The number of hydrogen-bond donors (Lipinski definition) is 1. The van der Waals surface area contributed by atoms with Gasteiger partial charge in [0, 0.05) is 20.1 Å². The summed E-state index contributed by atoms with van der Waals surface area (Å²) in [4.78, 5) is 2.31. The average molecular weight is 223 g/mol. The third-order valence-electron chi connectivity index (χ3n) is 3.49. The van der Waals surface area contributed by atoms with Crippen molar-refractivity contribution < 1.29 is 5.11 Å². The van der Waals surface area contributed by atoms with E-state index in [0.717, 1.165) is 31.7 Å². The van der Waals surface area contributed by atoms with Crippen molar-refractivity contribution >= 4 is 0 Å². The van der Waals surface area contributed by atoms with Gasteiger partial charge in [0.1, 0.15) is 0 Å². The second kappa shape index (κ2) is 4.55. The maximum atomic E-state index is 9.84. The van der Waals surface area contributed by atoms with Crippen LogP contribution in [0.4, 0.5) is 0 Å². The summed E-state index contributed by atoms with van der Waals surface area (Å²) in [5, 5.41) is 14.2. The van der Waals surface area contributed by atoms with E-state index in [4.69, 9.17) is 0 Å². The van der Waals surface area contributed by atoms with Crippen LogP contribution in [0.15, 0.2) is 6.07 Å². The summed E-state index contributed by atoms with van der Waals surface area (Å²) in [6.07, 6.45) is 0.904. The van der Waals surface area contributed by atoms with E-state index in [1.807, 2.05) is 18.7 Å². The molecule has 16 heavy (non-hydrogen) atoms. The Morgan fingerprint density at radius 2 is 2.31 bits per heavy atom. The van der Waals surface area contributed by atoms with E-state index in [1.54, 1.807) is 0 Å². The minimum absolute atomic E-state index is 0.178. The zero-order chi connectivity index (χ0) is 11.7. The minimum Gasteiger partial charge on any atom is -0.392 e. The molecule has 0 saturated carbocycles. The van der Waals surface area contributed by atoms with Crippen LogP contribution in [0.3, 0.4) is 0 Å². The molecule has 0 radical (unpaired) electrons. The number of likely N-dealkylation sites (tertiary alicyclic amines) is 1. The molecule has 2 heterocycles. The summed E-state index contributed by atoms with van der Waals surface area (Å²) in [5.74, 6) is 0.435. The maximum absolute atomic E-state index is 9.84. The molecule has 0 spiro atoms. The highest BCUT2D eigenvalue weighted by atomic mass is 16.3. The lowest BCUT2D eigenvalue weighted by Gasteiger charge is -2.34. The summed E-state index contributed by atoms with van der Waals surface area (Å²) in [6, 6.07) is 2.12. The summed E-state index contributed by atoms with van der Waals surface area (Å²) in [7, 11) is 1.98. The summed E-state index contributed by atoms with van der Waals surface area (Å²) < 4.78 is 1.93. The van der Waals surface area contributed by atoms with Gasteiger partial charge in [-0.2, -0.15) is 5.10 Å². The molecule has 0 aromatic carbocycles. The third-order valence-corrected chi connectivity index (χ3v) is 3.49. The van der Waals surface area contributed by atoms with Crippen LogP contribution >= 0.6 is 0 Å². The van der Waals surface area contributed by atoms with Crippen LogP contribution in [0, 0.1) is 12.8 Å². The molecule has 2 atom stereocenters. The fourth-order valence-electron chi connectivity index (χ4n) is 2.30. The standard InChI is InChI=1S/C12H21N3O/c1-9-4-5-15(8-12(9)16)7-11-6-10(2)13-14(11)3/h6,9,12,16H,4-5,7-8H2,1-3H3. The van der Waals surface area contributed by atoms with Crippen LogP contribution in [0.2, 0.25) is 0 Å². The highest BCUT2D eigenvalue weighted by molar-refractivity contribution is 5.08. The van der Waals surface area contributed by atoms with Crippen LogP contribution in [0.25, 0.3) is 0 Å². The zero-order valence-corrected chi connectivity index (χ0v) is 10.3. The molecular formula is C12H21N3O. The fraction of sp³-hybridized carbons (Fsp3) is 0.750. The van der Waals surface area contributed by atoms with Gasteiger partial charge in [0.05, 0.1) is 17.5 Å². The number of hydrogen-bond acceptors (Lipinski definition) is 3. The number of aromatic nitrogens is 2. The van der Waals surface area contributed by atoms with E-state index in [2.05, 4.69) is 23.0 Å². The van der Waals surface area contributed by atoms with Crippen molar-refractivity contribution in [1.82, 2.24) is 14.7 Å². The van der Waals surface area contributed by atoms with Gasteiger partial charge in [-0.25, -0.2) is 0 Å². The smallest absolute Gasteiger partial charge is 0.0693 e. The average Bonchev–Trinajstić information content (AvgIpc) is 2.51. The minimum atomic E-state index is -0.178. The van der Waals surface area contributed by atoms with Crippen molar-refractivity contribution in [1.29, 1.82) is 0 Å². The first kappa shape index (κ1) is 11.6. The van der Waals surface area contributed by atoms with Crippen LogP contribution in [0.5, 0.6) is 0 Å². The van der Waals surface area contributed by atoms with Gasteiger partial charge in [-0.1, -0.05) is 6.92 Å². The number of aryl methyl sites for hydroxylation is 2. The van der Waals surface area contributed by atoms with Gasteiger partial charge >= 0.3 is 0 Å². The normalized spacial score (nSPS) is 27.2. The highest BCUT2D eigenvalue weighted by Gasteiger charge is 2.24. The van der Waals surface area contributed by atoms with E-state index in [-0.39, 0.29) is 6.10 Å². The summed E-state index contributed by atoms with van der Waals surface area (Å²) >= 11 is 0. The number of aliphatic hydroxyl groups excluding tert-OH is 1. The monoisotopic (exact) mass is 223 g/mol. The van der Waals surface area contributed by atoms with Gasteiger partial charge in [-0.15, -0.1) is 0 Å². The van der Waals surface area contributed by atoms with Gasteiger partial charge in [-0.3, -0.25) is 9.58 Å². The molecular weight excluding hydrogens is 202 g/mol. The van der Waals surface area contributed by atoms with Crippen LogP contribution < -0.4 is 0 Å². The van der Waals surface area contributed by atoms with E-state index in [0.29, 0.717) is 5.92 Å². The second-order valence-electron chi connectivity index (χ2n) is 4.97. The van der Waals surface area contributed by atoms with Gasteiger partial charge in [0.25, 0.3) is 0 Å². The topological polar surface area (TPSA) is 41.3 Å². The second-order valence-corrected chi connectivity index (χ2v) is 4.97. The Morgan fingerprint density at radius 1 is 1.56 bits per heavy atom. The van der Waals surface area contributed by atoms with Gasteiger partial charge in [0.15, 0.2) is 0 Å². The molecule has 4 nitrogen and oxygen atoms in total. The lowest BCUT2D eigenvalue weighted by Crippen LogP contribution is -2.42.